The second kappa shape index (κ2) is 55.5. The molecule has 4 heteroatoms. The lowest BCUT2D eigenvalue weighted by Gasteiger charge is -2.20. The number of carbonyl (C=O) groups excluding carboxylic acids is 1. The predicted octanol–water partition coefficient (Wildman–Crippen LogP) is 19.3. The molecule has 0 fully saturated rings. The van der Waals surface area contributed by atoms with Crippen LogP contribution in [0.5, 0.6) is 0 Å². The summed E-state index contributed by atoms with van der Waals surface area (Å²) in [5.41, 5.74) is 0. The Bertz CT molecular complexity index is 875. The molecule has 376 valence electrons. The van der Waals surface area contributed by atoms with Crippen molar-refractivity contribution in [1.29, 1.82) is 0 Å². The summed E-state index contributed by atoms with van der Waals surface area (Å²) in [5, 5.41) is 23.1. The van der Waals surface area contributed by atoms with Gasteiger partial charge in [-0.1, -0.05) is 328 Å². The molecule has 0 radical (unpaired) electrons. The minimum Gasteiger partial charge on any atom is -0.394 e. The first-order valence-corrected chi connectivity index (χ1v) is 29.4. The van der Waals surface area contributed by atoms with Crippen molar-refractivity contribution >= 4 is 5.91 Å². The molecular weight excluding hydrogens is 771 g/mol. The van der Waals surface area contributed by atoms with Crippen molar-refractivity contribution in [2.45, 2.75) is 353 Å². The Labute approximate surface area is 397 Å². The maximum Gasteiger partial charge on any atom is 0.220 e. The fourth-order valence-corrected chi connectivity index (χ4v) is 9.54. The van der Waals surface area contributed by atoms with Crippen molar-refractivity contribution in [2.24, 2.45) is 0 Å². The monoisotopic (exact) mass is 888 g/mol. The highest BCUT2D eigenvalue weighted by atomic mass is 16.3. The van der Waals surface area contributed by atoms with Crippen molar-refractivity contribution in [3.63, 3.8) is 0 Å². The molecule has 0 spiro atoms. The van der Waals surface area contributed by atoms with Crippen LogP contribution < -0.4 is 5.32 Å². The Balaban J connectivity index is 3.36. The summed E-state index contributed by atoms with van der Waals surface area (Å²) in [4.78, 5) is 12.5. The highest BCUT2D eigenvalue weighted by Crippen LogP contribution is 2.18. The van der Waals surface area contributed by atoms with E-state index < -0.39 is 12.1 Å². The molecule has 63 heavy (non-hydrogen) atoms. The van der Waals surface area contributed by atoms with Crippen LogP contribution in [0.2, 0.25) is 0 Å². The van der Waals surface area contributed by atoms with Gasteiger partial charge >= 0.3 is 0 Å². The molecule has 2 atom stereocenters. The zero-order chi connectivity index (χ0) is 45.6. The smallest absolute Gasteiger partial charge is 0.220 e. The van der Waals surface area contributed by atoms with E-state index in [-0.39, 0.29) is 12.5 Å². The molecule has 0 rings (SSSR count). The fourth-order valence-electron chi connectivity index (χ4n) is 9.54. The average Bonchev–Trinajstić information content (AvgIpc) is 3.29. The molecule has 0 aromatic heterocycles. The molecule has 0 heterocycles. The Morgan fingerprint density at radius 2 is 0.587 bits per heavy atom. The number of rotatable bonds is 55. The lowest BCUT2D eigenvalue weighted by atomic mass is 10.0. The van der Waals surface area contributed by atoms with Crippen LogP contribution in [0.4, 0.5) is 0 Å². The highest BCUT2D eigenvalue weighted by molar-refractivity contribution is 5.76. The molecule has 0 aromatic rings. The number of aliphatic hydroxyl groups excluding tert-OH is 2. The molecule has 4 nitrogen and oxygen atoms in total. The van der Waals surface area contributed by atoms with Crippen LogP contribution in [-0.4, -0.2) is 34.9 Å². The SMILES string of the molecule is CCCCCCCCCCCCCCC/C=C/[C@@H](O)[C@H](CO)NC(=O)CCCCCCCCCCCCCCCCCCCCCCCCCCCCCCCCCCCCCC. The minimum atomic E-state index is -0.834. The van der Waals surface area contributed by atoms with Crippen molar-refractivity contribution < 1.29 is 15.0 Å². The number of unbranched alkanes of at least 4 members (excludes halogenated alkanes) is 48. The predicted molar refractivity (Wildman–Crippen MR) is 281 cm³/mol. The van der Waals surface area contributed by atoms with Crippen LogP contribution in [0.1, 0.15) is 341 Å². The van der Waals surface area contributed by atoms with Crippen LogP contribution in [0, 0.1) is 0 Å². The normalized spacial score (nSPS) is 12.8. The third-order valence-electron chi connectivity index (χ3n) is 14.0. The van der Waals surface area contributed by atoms with Crippen molar-refractivity contribution in [1.82, 2.24) is 5.32 Å². The number of allylic oxidation sites excluding steroid dienone is 1. The summed E-state index contributed by atoms with van der Waals surface area (Å²) in [6.07, 6.45) is 72.6. The zero-order valence-electron chi connectivity index (χ0n) is 43.4. The molecule has 3 N–H and O–H groups in total. The number of amides is 1. The molecule has 0 unspecified atom stereocenters. The number of nitrogens with one attached hydrogen (secondary N) is 1. The van der Waals surface area contributed by atoms with Gasteiger partial charge in [0.25, 0.3) is 0 Å². The van der Waals surface area contributed by atoms with Gasteiger partial charge in [-0.05, 0) is 19.3 Å². The molecule has 0 saturated heterocycles. The molecule has 1 amide bonds. The summed E-state index contributed by atoms with van der Waals surface area (Å²) in [6.45, 7) is 4.34. The molecule has 0 bridgehead atoms. The van der Waals surface area contributed by atoms with E-state index in [9.17, 15) is 15.0 Å². The van der Waals surface area contributed by atoms with Gasteiger partial charge in [0.2, 0.25) is 5.91 Å². The maximum absolute atomic E-state index is 12.5. The Morgan fingerprint density at radius 3 is 0.825 bits per heavy atom. The Hall–Kier alpha value is -0.870. The van der Waals surface area contributed by atoms with E-state index in [4.69, 9.17) is 0 Å². The second-order valence-electron chi connectivity index (χ2n) is 20.4. The fraction of sp³-hybridized carbons (Fsp3) is 0.949. The van der Waals surface area contributed by atoms with E-state index in [1.165, 1.54) is 295 Å². The van der Waals surface area contributed by atoms with Gasteiger partial charge in [0.1, 0.15) is 0 Å². The average molecular weight is 889 g/mol. The van der Waals surface area contributed by atoms with Crippen LogP contribution in [0.15, 0.2) is 12.2 Å². The number of carbonyl (C=O) groups is 1. The van der Waals surface area contributed by atoms with Crippen molar-refractivity contribution in [3.05, 3.63) is 12.2 Å². The molecule has 0 aliphatic heterocycles. The molecule has 0 aliphatic rings. The quantitative estimate of drug-likeness (QED) is 0.0421. The summed E-state index contributed by atoms with van der Waals surface area (Å²) < 4.78 is 0. The molecule has 0 aliphatic carbocycles. The number of hydrogen-bond acceptors (Lipinski definition) is 3. The Morgan fingerprint density at radius 1 is 0.365 bits per heavy atom. The first-order chi connectivity index (χ1) is 31.2. The van der Waals surface area contributed by atoms with Crippen LogP contribution >= 0.6 is 0 Å². The lowest BCUT2D eigenvalue weighted by molar-refractivity contribution is -0.123. The van der Waals surface area contributed by atoms with E-state index in [1.54, 1.807) is 6.08 Å². The molecular formula is C59H117NO3. The summed E-state index contributed by atoms with van der Waals surface area (Å²) in [6, 6.07) is -0.617. The second-order valence-corrected chi connectivity index (χ2v) is 20.4. The largest absolute Gasteiger partial charge is 0.394 e. The van der Waals surface area contributed by atoms with E-state index in [1.807, 2.05) is 6.08 Å². The standard InChI is InChI=1S/C59H117NO3/c1-3-5-7-9-11-13-15-17-19-20-21-22-23-24-25-26-27-28-29-30-31-32-33-34-35-36-37-38-39-41-43-45-47-49-51-53-55-59(63)60-57(56-61)58(62)54-52-50-48-46-44-42-40-18-16-14-12-10-8-6-4-2/h52,54,57-58,61-62H,3-51,53,55-56H2,1-2H3,(H,60,63)/b54-52+/t57-,58+/m0/s1. The summed E-state index contributed by atoms with van der Waals surface area (Å²) in [5.74, 6) is -0.0563. The van der Waals surface area contributed by atoms with E-state index in [2.05, 4.69) is 19.2 Å². The Kier molecular flexibility index (Phi) is 54.7. The van der Waals surface area contributed by atoms with Crippen LogP contribution in [0.25, 0.3) is 0 Å². The summed E-state index contributed by atoms with van der Waals surface area (Å²) in [7, 11) is 0. The van der Waals surface area contributed by atoms with Crippen LogP contribution in [0.3, 0.4) is 0 Å². The van der Waals surface area contributed by atoms with E-state index in [0.717, 1.165) is 25.7 Å². The van der Waals surface area contributed by atoms with Gasteiger partial charge in [-0.25, -0.2) is 0 Å². The third kappa shape index (κ3) is 52.0. The van der Waals surface area contributed by atoms with Gasteiger partial charge in [-0.2, -0.15) is 0 Å². The van der Waals surface area contributed by atoms with Gasteiger partial charge in [0, 0.05) is 6.42 Å². The van der Waals surface area contributed by atoms with Gasteiger partial charge in [-0.3, -0.25) is 4.79 Å². The topological polar surface area (TPSA) is 69.6 Å². The van der Waals surface area contributed by atoms with Crippen molar-refractivity contribution in [2.75, 3.05) is 6.61 Å². The highest BCUT2D eigenvalue weighted by Gasteiger charge is 2.18. The lowest BCUT2D eigenvalue weighted by Crippen LogP contribution is -2.45. The van der Waals surface area contributed by atoms with E-state index in [0.29, 0.717) is 6.42 Å². The molecule has 0 aromatic carbocycles. The van der Waals surface area contributed by atoms with Crippen molar-refractivity contribution in [3.8, 4) is 0 Å². The number of aliphatic hydroxyl groups is 2. The first kappa shape index (κ1) is 62.1. The van der Waals surface area contributed by atoms with Gasteiger partial charge < -0.3 is 15.5 Å². The van der Waals surface area contributed by atoms with Crippen LogP contribution in [-0.2, 0) is 4.79 Å². The first-order valence-electron chi connectivity index (χ1n) is 29.4. The molecule has 0 saturated carbocycles. The van der Waals surface area contributed by atoms with Gasteiger partial charge in [-0.15, -0.1) is 0 Å². The zero-order valence-corrected chi connectivity index (χ0v) is 43.4. The summed E-state index contributed by atoms with van der Waals surface area (Å²) >= 11 is 0. The van der Waals surface area contributed by atoms with E-state index >= 15 is 0 Å². The minimum absolute atomic E-state index is 0.0563. The maximum atomic E-state index is 12.5. The third-order valence-corrected chi connectivity index (χ3v) is 14.0. The number of hydrogen-bond donors (Lipinski definition) is 3. The van der Waals surface area contributed by atoms with Gasteiger partial charge in [0.05, 0.1) is 18.8 Å². The van der Waals surface area contributed by atoms with Gasteiger partial charge in [0.15, 0.2) is 0 Å².